The molecular weight excluding hydrogens is 282 g/mol. The van der Waals surface area contributed by atoms with E-state index in [0.29, 0.717) is 0 Å². The molecule has 94 valence electrons. The molecule has 0 fully saturated rings. The molecule has 0 spiro atoms. The molecule has 4 heteroatoms. The van der Waals surface area contributed by atoms with Crippen LogP contribution in [-0.4, -0.2) is 19.1 Å². The van der Waals surface area contributed by atoms with E-state index in [1.165, 1.54) is 7.11 Å². The Morgan fingerprint density at radius 2 is 2.00 bits per heavy atom. The minimum absolute atomic E-state index is 0.136. The number of benzene rings is 1. The lowest BCUT2D eigenvalue weighted by molar-refractivity contribution is -0.142. The first-order valence-electron chi connectivity index (χ1n) is 5.48. The first-order valence-corrected chi connectivity index (χ1v) is 6.28. The molecule has 0 aromatic heterocycles. The fourth-order valence-electron chi connectivity index (χ4n) is 1.73. The highest BCUT2D eigenvalue weighted by Gasteiger charge is 2.33. The van der Waals surface area contributed by atoms with Crippen molar-refractivity contribution in [2.45, 2.75) is 31.7 Å². The van der Waals surface area contributed by atoms with Gasteiger partial charge >= 0.3 is 5.97 Å². The van der Waals surface area contributed by atoms with Gasteiger partial charge in [0.2, 0.25) is 0 Å². The van der Waals surface area contributed by atoms with Crippen LogP contribution in [0, 0.1) is 0 Å². The third-order valence-electron chi connectivity index (χ3n) is 3.25. The van der Waals surface area contributed by atoms with E-state index in [9.17, 15) is 4.79 Å². The van der Waals surface area contributed by atoms with Crippen molar-refractivity contribution in [1.82, 2.24) is 0 Å². The molecule has 1 aromatic rings. The Hall–Kier alpha value is -0.870. The average Bonchev–Trinajstić information content (AvgIpc) is 2.29. The number of nitrogens with two attached hydrogens (primary N) is 1. The Morgan fingerprint density at radius 1 is 1.47 bits per heavy atom. The van der Waals surface area contributed by atoms with Crippen molar-refractivity contribution in [3.63, 3.8) is 0 Å². The van der Waals surface area contributed by atoms with Crippen LogP contribution in [0.25, 0.3) is 0 Å². The fourth-order valence-corrected chi connectivity index (χ4v) is 1.99. The lowest BCUT2D eigenvalue weighted by Gasteiger charge is -2.33. The summed E-state index contributed by atoms with van der Waals surface area (Å²) >= 11 is 3.39. The normalized spacial score (nSPS) is 16.1. The number of hydrogen-bond donors (Lipinski definition) is 1. The third kappa shape index (κ3) is 3.30. The first-order chi connectivity index (χ1) is 7.90. The van der Waals surface area contributed by atoms with Gasteiger partial charge in [-0.15, -0.1) is 0 Å². The standard InChI is InChI=1S/C13H18BrNO2/c1-9(15)13(2,8-12(16)17-3)10-4-6-11(14)7-5-10/h4-7,9H,8,15H2,1-3H3. The van der Waals surface area contributed by atoms with Crippen molar-refractivity contribution in [2.75, 3.05) is 7.11 Å². The summed E-state index contributed by atoms with van der Waals surface area (Å²) < 4.78 is 5.74. The van der Waals surface area contributed by atoms with E-state index in [0.717, 1.165) is 10.0 Å². The summed E-state index contributed by atoms with van der Waals surface area (Å²) in [4.78, 5) is 11.5. The van der Waals surface area contributed by atoms with E-state index < -0.39 is 5.41 Å². The van der Waals surface area contributed by atoms with Crippen LogP contribution in [-0.2, 0) is 14.9 Å². The number of halogens is 1. The van der Waals surface area contributed by atoms with Crippen LogP contribution in [0.5, 0.6) is 0 Å². The molecule has 0 aliphatic carbocycles. The van der Waals surface area contributed by atoms with Crippen LogP contribution < -0.4 is 5.73 Å². The second-order valence-corrected chi connectivity index (χ2v) is 5.38. The van der Waals surface area contributed by atoms with E-state index >= 15 is 0 Å². The van der Waals surface area contributed by atoms with E-state index in [4.69, 9.17) is 10.5 Å². The summed E-state index contributed by atoms with van der Waals surface area (Å²) in [5, 5.41) is 0. The number of ether oxygens (including phenoxy) is 1. The Bertz CT molecular complexity index is 389. The highest BCUT2D eigenvalue weighted by atomic mass is 79.9. The zero-order valence-corrected chi connectivity index (χ0v) is 12.0. The third-order valence-corrected chi connectivity index (χ3v) is 3.78. The number of hydrogen-bond acceptors (Lipinski definition) is 3. The molecule has 17 heavy (non-hydrogen) atoms. The minimum Gasteiger partial charge on any atom is -0.469 e. The predicted molar refractivity (Wildman–Crippen MR) is 71.8 cm³/mol. The molecule has 1 rings (SSSR count). The topological polar surface area (TPSA) is 52.3 Å². The van der Waals surface area contributed by atoms with Gasteiger partial charge in [0.1, 0.15) is 0 Å². The van der Waals surface area contributed by atoms with Gasteiger partial charge in [-0.25, -0.2) is 0 Å². The summed E-state index contributed by atoms with van der Waals surface area (Å²) in [6.07, 6.45) is 0.281. The monoisotopic (exact) mass is 299 g/mol. The maximum absolute atomic E-state index is 11.5. The second-order valence-electron chi connectivity index (χ2n) is 4.47. The molecule has 3 nitrogen and oxygen atoms in total. The molecule has 0 saturated heterocycles. The highest BCUT2D eigenvalue weighted by Crippen LogP contribution is 2.31. The smallest absolute Gasteiger partial charge is 0.306 e. The molecule has 0 amide bonds. The molecule has 0 radical (unpaired) electrons. The highest BCUT2D eigenvalue weighted by molar-refractivity contribution is 9.10. The molecule has 0 aliphatic rings. The molecule has 2 N–H and O–H groups in total. The van der Waals surface area contributed by atoms with E-state index in [-0.39, 0.29) is 18.4 Å². The van der Waals surface area contributed by atoms with Crippen LogP contribution in [0.15, 0.2) is 28.7 Å². The predicted octanol–water partition coefficient (Wildman–Crippen LogP) is 2.62. The van der Waals surface area contributed by atoms with Gasteiger partial charge in [-0.05, 0) is 24.6 Å². The molecule has 0 aliphatic heterocycles. The van der Waals surface area contributed by atoms with Crippen LogP contribution >= 0.6 is 15.9 Å². The van der Waals surface area contributed by atoms with Gasteiger partial charge < -0.3 is 10.5 Å². The van der Waals surface area contributed by atoms with Crippen molar-refractivity contribution < 1.29 is 9.53 Å². The minimum atomic E-state index is -0.409. The SMILES string of the molecule is COC(=O)CC(C)(c1ccc(Br)cc1)C(C)N. The number of methoxy groups -OCH3 is 1. The first kappa shape index (κ1) is 14.2. The zero-order valence-electron chi connectivity index (χ0n) is 10.4. The van der Waals surface area contributed by atoms with Gasteiger partial charge in [-0.2, -0.15) is 0 Å². The lowest BCUT2D eigenvalue weighted by Crippen LogP contribution is -2.42. The summed E-state index contributed by atoms with van der Waals surface area (Å²) in [5.74, 6) is -0.243. The zero-order chi connectivity index (χ0) is 13.1. The van der Waals surface area contributed by atoms with Gasteiger partial charge in [0.15, 0.2) is 0 Å². The van der Waals surface area contributed by atoms with E-state index in [1.54, 1.807) is 0 Å². The number of carbonyl (C=O) groups excluding carboxylic acids is 1. The van der Waals surface area contributed by atoms with Crippen molar-refractivity contribution in [3.8, 4) is 0 Å². The van der Waals surface area contributed by atoms with Gasteiger partial charge in [0.05, 0.1) is 13.5 Å². The molecular formula is C13H18BrNO2. The molecule has 2 unspecified atom stereocenters. The van der Waals surface area contributed by atoms with Gasteiger partial charge in [-0.1, -0.05) is 35.0 Å². The van der Waals surface area contributed by atoms with Crippen LogP contribution in [0.3, 0.4) is 0 Å². The number of esters is 1. The number of carbonyl (C=O) groups is 1. The summed E-state index contributed by atoms with van der Waals surface area (Å²) in [5.41, 5.74) is 6.66. The maximum Gasteiger partial charge on any atom is 0.306 e. The van der Waals surface area contributed by atoms with Crippen LogP contribution in [0.1, 0.15) is 25.8 Å². The molecule has 0 saturated carbocycles. The largest absolute Gasteiger partial charge is 0.469 e. The van der Waals surface area contributed by atoms with Gasteiger partial charge in [-0.3, -0.25) is 4.79 Å². The Labute approximate surface area is 110 Å². The molecule has 0 heterocycles. The molecule has 1 aromatic carbocycles. The van der Waals surface area contributed by atoms with Gasteiger partial charge in [0.25, 0.3) is 0 Å². The average molecular weight is 300 g/mol. The Morgan fingerprint density at radius 3 is 2.41 bits per heavy atom. The van der Waals surface area contributed by atoms with E-state index in [2.05, 4.69) is 15.9 Å². The Balaban J connectivity index is 3.07. The maximum atomic E-state index is 11.5. The second kappa shape index (κ2) is 5.65. The summed E-state index contributed by atoms with van der Waals surface area (Å²) in [7, 11) is 1.39. The molecule has 0 bridgehead atoms. The quantitative estimate of drug-likeness (QED) is 0.870. The van der Waals surface area contributed by atoms with E-state index in [1.807, 2.05) is 38.1 Å². The van der Waals surface area contributed by atoms with Crippen molar-refractivity contribution in [3.05, 3.63) is 34.3 Å². The Kier molecular flexibility index (Phi) is 4.71. The van der Waals surface area contributed by atoms with Crippen molar-refractivity contribution >= 4 is 21.9 Å². The number of rotatable bonds is 4. The van der Waals surface area contributed by atoms with Crippen molar-refractivity contribution in [1.29, 1.82) is 0 Å². The summed E-state index contributed by atoms with van der Waals surface area (Å²) in [6.45, 7) is 3.89. The van der Waals surface area contributed by atoms with Crippen LogP contribution in [0.2, 0.25) is 0 Å². The lowest BCUT2D eigenvalue weighted by atomic mass is 9.74. The molecule has 2 atom stereocenters. The summed E-state index contributed by atoms with van der Waals surface area (Å²) in [6, 6.07) is 7.73. The van der Waals surface area contributed by atoms with Crippen LogP contribution in [0.4, 0.5) is 0 Å². The fraction of sp³-hybridized carbons (Fsp3) is 0.462. The van der Waals surface area contributed by atoms with Crippen molar-refractivity contribution in [2.24, 2.45) is 5.73 Å². The van der Waals surface area contributed by atoms with Gasteiger partial charge in [0, 0.05) is 15.9 Å².